The zero-order chi connectivity index (χ0) is 32.4. The van der Waals surface area contributed by atoms with E-state index in [1.165, 1.54) is 0 Å². The molecule has 4 aliphatic carbocycles. The summed E-state index contributed by atoms with van der Waals surface area (Å²) in [6.45, 7) is 10.7. The fourth-order valence-electron chi connectivity index (χ4n) is 11.3. The topological polar surface area (TPSA) is 180 Å². The molecule has 256 valence electrons. The molecule has 0 aromatic rings. The summed E-state index contributed by atoms with van der Waals surface area (Å²) in [4.78, 5) is 0. The Kier molecular flexibility index (Phi) is 10.2. The van der Waals surface area contributed by atoms with Gasteiger partial charge in [-0.3, -0.25) is 0 Å². The minimum Gasteiger partial charge on any atom is -0.394 e. The van der Waals surface area contributed by atoms with Gasteiger partial charge in [0.15, 0.2) is 6.29 Å². The van der Waals surface area contributed by atoms with E-state index in [0.29, 0.717) is 31.3 Å². The monoisotopic (exact) mass is 628 g/mol. The van der Waals surface area contributed by atoms with E-state index in [-0.39, 0.29) is 35.5 Å². The highest BCUT2D eigenvalue weighted by molar-refractivity contribution is 5.21. The van der Waals surface area contributed by atoms with Gasteiger partial charge in [0.2, 0.25) is 0 Å². The van der Waals surface area contributed by atoms with Crippen LogP contribution in [0.1, 0.15) is 92.4 Å². The van der Waals surface area contributed by atoms with E-state index >= 15 is 0 Å². The van der Waals surface area contributed by atoms with Gasteiger partial charge in [-0.15, -0.1) is 0 Å². The van der Waals surface area contributed by atoms with Crippen LogP contribution in [0.25, 0.3) is 0 Å². The van der Waals surface area contributed by atoms with Gasteiger partial charge >= 0.3 is 0 Å². The maximum absolute atomic E-state index is 12.5. The van der Waals surface area contributed by atoms with E-state index in [1.807, 2.05) is 0 Å². The Bertz CT molecular complexity index is 982. The Morgan fingerprint density at radius 1 is 0.841 bits per heavy atom. The summed E-state index contributed by atoms with van der Waals surface area (Å²) in [6, 6.07) is 0. The molecule has 17 atom stereocenters. The number of hydrogen-bond acceptors (Lipinski definition) is 10. The predicted octanol–water partition coefficient (Wildman–Crippen LogP) is 1.57. The lowest BCUT2D eigenvalue weighted by atomic mass is 9.42. The molecule has 5 unspecified atom stereocenters. The fourth-order valence-corrected chi connectivity index (χ4v) is 11.3. The van der Waals surface area contributed by atoms with Crippen LogP contribution >= 0.6 is 0 Å². The lowest BCUT2D eigenvalue weighted by Gasteiger charge is -2.65. The Morgan fingerprint density at radius 2 is 1.52 bits per heavy atom. The molecule has 0 radical (unpaired) electrons. The molecule has 5 fully saturated rings. The summed E-state index contributed by atoms with van der Waals surface area (Å²) >= 11 is 0. The minimum absolute atomic E-state index is 0.0825. The highest BCUT2D eigenvalue weighted by atomic mass is 16.7. The van der Waals surface area contributed by atoms with Crippen molar-refractivity contribution in [2.24, 2.45) is 52.3 Å². The molecule has 5 aliphatic rings. The van der Waals surface area contributed by atoms with Crippen molar-refractivity contribution in [3.8, 4) is 0 Å². The van der Waals surface area contributed by atoms with E-state index in [4.69, 9.17) is 9.47 Å². The molecule has 5 rings (SSSR count). The largest absolute Gasteiger partial charge is 0.394 e. The van der Waals surface area contributed by atoms with Crippen LogP contribution in [0.3, 0.4) is 0 Å². The van der Waals surface area contributed by atoms with E-state index in [9.17, 15) is 40.9 Å². The second kappa shape index (κ2) is 12.9. The first-order chi connectivity index (χ1) is 20.6. The van der Waals surface area contributed by atoms with Crippen molar-refractivity contribution >= 4 is 0 Å². The molecular formula is C34H60O10. The van der Waals surface area contributed by atoms with Crippen molar-refractivity contribution in [2.45, 2.75) is 147 Å². The van der Waals surface area contributed by atoms with Crippen LogP contribution in [0, 0.1) is 52.3 Å². The molecule has 44 heavy (non-hydrogen) atoms. The molecule has 0 amide bonds. The van der Waals surface area contributed by atoms with Gasteiger partial charge < -0.3 is 50.3 Å². The summed E-state index contributed by atoms with van der Waals surface area (Å²) in [6.07, 6.45) is -1.37. The average Bonchev–Trinajstić information content (AvgIpc) is 3.34. The van der Waals surface area contributed by atoms with Crippen molar-refractivity contribution < 1.29 is 50.3 Å². The molecule has 4 saturated carbocycles. The average molecular weight is 629 g/mol. The second-order valence-corrected chi connectivity index (χ2v) is 16.3. The SMILES string of the molecule is CC(C)[C@H](CCO[C@@H]1O[C@@H](CO)[C@H](O)[C@H]1O)CC[C@@H](C)[C@H]1C(O)C(O)[C@@H]2[C@]1(C)CC[C@H]1[C@@]2(O)CC(O)C2CC(O)CC[C@@]21C. The second-order valence-electron chi connectivity index (χ2n) is 16.3. The van der Waals surface area contributed by atoms with Gasteiger partial charge in [0.25, 0.3) is 0 Å². The summed E-state index contributed by atoms with van der Waals surface area (Å²) in [5.41, 5.74) is -2.11. The summed E-state index contributed by atoms with van der Waals surface area (Å²) < 4.78 is 11.2. The highest BCUT2D eigenvalue weighted by Crippen LogP contribution is 2.69. The molecule has 0 aromatic carbocycles. The zero-order valence-corrected chi connectivity index (χ0v) is 27.3. The number of hydrogen-bond donors (Lipinski definition) is 8. The number of ether oxygens (including phenoxy) is 2. The predicted molar refractivity (Wildman–Crippen MR) is 162 cm³/mol. The highest BCUT2D eigenvalue weighted by Gasteiger charge is 2.72. The number of aliphatic hydroxyl groups is 8. The maximum Gasteiger partial charge on any atom is 0.186 e. The molecule has 0 spiro atoms. The molecule has 8 N–H and O–H groups in total. The van der Waals surface area contributed by atoms with Crippen molar-refractivity contribution in [1.29, 1.82) is 0 Å². The molecule has 1 saturated heterocycles. The third-order valence-electron chi connectivity index (χ3n) is 13.6. The molecule has 1 aliphatic heterocycles. The van der Waals surface area contributed by atoms with Crippen LogP contribution in [0.4, 0.5) is 0 Å². The van der Waals surface area contributed by atoms with E-state index in [2.05, 4.69) is 34.6 Å². The molecular weight excluding hydrogens is 568 g/mol. The molecule has 10 nitrogen and oxygen atoms in total. The van der Waals surface area contributed by atoms with Gasteiger partial charge in [0, 0.05) is 12.3 Å². The first kappa shape index (κ1) is 34.9. The molecule has 1 heterocycles. The van der Waals surface area contributed by atoms with Crippen LogP contribution in [0.15, 0.2) is 0 Å². The third-order valence-corrected chi connectivity index (χ3v) is 13.6. The lowest BCUT2D eigenvalue weighted by Crippen LogP contribution is -2.68. The Hall–Kier alpha value is -0.400. The number of aliphatic hydroxyl groups excluding tert-OH is 7. The van der Waals surface area contributed by atoms with Crippen molar-refractivity contribution in [3.05, 3.63) is 0 Å². The Labute approximate surface area is 262 Å². The normalized spacial score (nSPS) is 52.0. The van der Waals surface area contributed by atoms with Crippen LogP contribution in [-0.2, 0) is 9.47 Å². The summed E-state index contributed by atoms with van der Waals surface area (Å²) in [5.74, 6) is -0.187. The fraction of sp³-hybridized carbons (Fsp3) is 1.00. The van der Waals surface area contributed by atoms with E-state index in [1.54, 1.807) is 0 Å². The van der Waals surface area contributed by atoms with Gasteiger partial charge in [-0.2, -0.15) is 0 Å². The van der Waals surface area contributed by atoms with Crippen molar-refractivity contribution in [2.75, 3.05) is 13.2 Å². The lowest BCUT2D eigenvalue weighted by molar-refractivity contribution is -0.264. The summed E-state index contributed by atoms with van der Waals surface area (Å²) in [7, 11) is 0. The van der Waals surface area contributed by atoms with Gasteiger partial charge in [0.1, 0.15) is 18.3 Å². The first-order valence-corrected chi connectivity index (χ1v) is 17.3. The standard InChI is InChI=1S/C34H60O10/c1-17(2)19(10-13-43-31-29(41)26(38)23(16-35)44-31)7-6-18(3)25-27(39)28(40)30-33(25,5)12-9-24-32(4)11-8-20(36)14-21(32)22(37)15-34(24,30)42/h17-31,35-42H,6-16H2,1-5H3/t18-,19+,20?,21?,22?,23+,24-,25+,26+,27?,28?,29-,30-,31-,32+,33-,34+/m1/s1. The third kappa shape index (κ3) is 5.71. The molecule has 10 heteroatoms. The first-order valence-electron chi connectivity index (χ1n) is 17.3. The maximum atomic E-state index is 12.5. The van der Waals surface area contributed by atoms with Gasteiger partial charge in [-0.1, -0.05) is 41.0 Å². The Balaban J connectivity index is 1.25. The van der Waals surface area contributed by atoms with Crippen molar-refractivity contribution in [1.82, 2.24) is 0 Å². The van der Waals surface area contributed by atoms with Crippen molar-refractivity contribution in [3.63, 3.8) is 0 Å². The summed E-state index contributed by atoms with van der Waals surface area (Å²) in [5, 5.41) is 87.0. The van der Waals surface area contributed by atoms with Crippen LogP contribution in [0.5, 0.6) is 0 Å². The quantitative estimate of drug-likeness (QED) is 0.177. The van der Waals surface area contributed by atoms with Crippen LogP contribution in [0.2, 0.25) is 0 Å². The Morgan fingerprint density at radius 3 is 2.16 bits per heavy atom. The minimum atomic E-state index is -1.29. The van der Waals surface area contributed by atoms with Gasteiger partial charge in [-0.05, 0) is 91.3 Å². The number of rotatable bonds is 10. The number of fused-ring (bicyclic) bond motifs is 5. The van der Waals surface area contributed by atoms with E-state index in [0.717, 1.165) is 38.5 Å². The molecule has 0 aromatic heterocycles. The van der Waals surface area contributed by atoms with Crippen LogP contribution in [-0.4, -0.2) is 109 Å². The van der Waals surface area contributed by atoms with Gasteiger partial charge in [0.05, 0.1) is 43.2 Å². The zero-order valence-electron chi connectivity index (χ0n) is 27.3. The van der Waals surface area contributed by atoms with Gasteiger partial charge in [-0.25, -0.2) is 0 Å². The molecule has 0 bridgehead atoms. The van der Waals surface area contributed by atoms with E-state index < -0.39 is 72.6 Å². The van der Waals surface area contributed by atoms with Crippen LogP contribution < -0.4 is 0 Å². The smallest absolute Gasteiger partial charge is 0.186 e.